The molecule has 0 aliphatic heterocycles. The highest BCUT2D eigenvalue weighted by atomic mass is 19.1. The van der Waals surface area contributed by atoms with Crippen molar-refractivity contribution in [3.63, 3.8) is 0 Å². The predicted octanol–water partition coefficient (Wildman–Crippen LogP) is 2.48. The fourth-order valence-corrected chi connectivity index (χ4v) is 1.29. The monoisotopic (exact) mass is 241 g/mol. The summed E-state index contributed by atoms with van der Waals surface area (Å²) in [5.74, 6) is -0.150. The number of hydrogen-bond acceptors (Lipinski definition) is 3. The lowest BCUT2D eigenvalue weighted by Gasteiger charge is -2.19. The highest BCUT2D eigenvalue weighted by Crippen LogP contribution is 2.18. The van der Waals surface area contributed by atoms with Gasteiger partial charge in [0.05, 0.1) is 12.2 Å². The first-order valence-corrected chi connectivity index (χ1v) is 5.67. The Morgan fingerprint density at radius 1 is 1.24 bits per heavy atom. The maximum atomic E-state index is 13.5. The van der Waals surface area contributed by atoms with E-state index in [1.807, 2.05) is 20.8 Å². The first-order valence-electron chi connectivity index (χ1n) is 5.67. The van der Waals surface area contributed by atoms with Gasteiger partial charge < -0.3 is 15.2 Å². The zero-order valence-electron chi connectivity index (χ0n) is 10.6. The third kappa shape index (κ3) is 5.15. The molecule has 2 N–H and O–H groups in total. The number of benzene rings is 1. The second-order valence-corrected chi connectivity index (χ2v) is 4.78. The van der Waals surface area contributed by atoms with Gasteiger partial charge in [0.15, 0.2) is 11.6 Å². The quantitative estimate of drug-likeness (QED) is 0.805. The van der Waals surface area contributed by atoms with E-state index in [9.17, 15) is 4.39 Å². The fourth-order valence-electron chi connectivity index (χ4n) is 1.29. The minimum atomic E-state index is -0.385. The fraction of sp³-hybridized carbons (Fsp3) is 0.538. The molecule has 0 amide bonds. The Morgan fingerprint density at radius 3 is 2.47 bits per heavy atom. The molecule has 0 saturated heterocycles. The average Bonchev–Trinajstić information content (AvgIpc) is 2.24. The van der Waals surface area contributed by atoms with Gasteiger partial charge in [0.25, 0.3) is 0 Å². The molecule has 3 nitrogen and oxygen atoms in total. The van der Waals surface area contributed by atoms with Crippen molar-refractivity contribution in [3.8, 4) is 5.75 Å². The third-order valence-electron chi connectivity index (χ3n) is 2.11. The second kappa shape index (κ2) is 5.98. The Morgan fingerprint density at radius 2 is 1.94 bits per heavy atom. The van der Waals surface area contributed by atoms with Gasteiger partial charge in [-0.25, -0.2) is 4.39 Å². The highest BCUT2D eigenvalue weighted by Gasteiger charge is 2.10. The number of nitrogens with two attached hydrogens (primary N) is 1. The van der Waals surface area contributed by atoms with Gasteiger partial charge in [-0.15, -0.1) is 0 Å². The molecule has 17 heavy (non-hydrogen) atoms. The minimum Gasteiger partial charge on any atom is -0.488 e. The molecule has 1 rings (SSSR count). The van der Waals surface area contributed by atoms with Gasteiger partial charge in [-0.1, -0.05) is 6.07 Å². The molecular weight excluding hydrogens is 221 g/mol. The minimum absolute atomic E-state index is 0.203. The molecule has 96 valence electrons. The first kappa shape index (κ1) is 13.9. The van der Waals surface area contributed by atoms with Crippen LogP contribution in [0.5, 0.6) is 5.75 Å². The molecule has 0 aromatic heterocycles. The van der Waals surface area contributed by atoms with Crippen LogP contribution in [0.2, 0.25) is 0 Å². The Balaban J connectivity index is 2.42. The lowest BCUT2D eigenvalue weighted by Crippen LogP contribution is -2.22. The van der Waals surface area contributed by atoms with Crippen LogP contribution in [-0.2, 0) is 11.3 Å². The lowest BCUT2D eigenvalue weighted by molar-refractivity contribution is -0.0166. The average molecular weight is 241 g/mol. The standard InChI is InChI=1S/C13H20FNO2/c1-13(2,3)17-7-6-16-12-5-4-10(9-15)8-11(12)14/h4-5,8H,6-7,9,15H2,1-3H3. The Labute approximate surface area is 102 Å². The molecule has 0 radical (unpaired) electrons. The topological polar surface area (TPSA) is 44.5 Å². The summed E-state index contributed by atoms with van der Waals surface area (Å²) in [5, 5.41) is 0. The Kier molecular flexibility index (Phi) is 4.90. The van der Waals surface area contributed by atoms with Crippen LogP contribution in [-0.4, -0.2) is 18.8 Å². The Hall–Kier alpha value is -1.13. The second-order valence-electron chi connectivity index (χ2n) is 4.78. The van der Waals surface area contributed by atoms with Gasteiger partial charge in [-0.3, -0.25) is 0 Å². The molecule has 0 bridgehead atoms. The maximum absolute atomic E-state index is 13.5. The van der Waals surface area contributed by atoms with Crippen LogP contribution in [0.25, 0.3) is 0 Å². The summed E-state index contributed by atoms with van der Waals surface area (Å²) >= 11 is 0. The van der Waals surface area contributed by atoms with E-state index in [0.29, 0.717) is 19.8 Å². The van der Waals surface area contributed by atoms with E-state index in [1.54, 1.807) is 12.1 Å². The molecule has 1 aromatic rings. The van der Waals surface area contributed by atoms with E-state index in [-0.39, 0.29) is 17.2 Å². The SMILES string of the molecule is CC(C)(C)OCCOc1ccc(CN)cc1F. The van der Waals surface area contributed by atoms with Crippen molar-refractivity contribution in [2.24, 2.45) is 5.73 Å². The van der Waals surface area contributed by atoms with Crippen LogP contribution in [0.15, 0.2) is 18.2 Å². The molecule has 0 saturated carbocycles. The van der Waals surface area contributed by atoms with Crippen LogP contribution >= 0.6 is 0 Å². The van der Waals surface area contributed by atoms with E-state index in [1.165, 1.54) is 6.07 Å². The van der Waals surface area contributed by atoms with Crippen molar-refractivity contribution in [3.05, 3.63) is 29.6 Å². The Bertz CT molecular complexity index is 361. The van der Waals surface area contributed by atoms with Crippen molar-refractivity contribution in [1.29, 1.82) is 0 Å². The first-order chi connectivity index (χ1) is 7.92. The smallest absolute Gasteiger partial charge is 0.165 e. The van der Waals surface area contributed by atoms with Crippen LogP contribution in [0, 0.1) is 5.82 Å². The van der Waals surface area contributed by atoms with Gasteiger partial charge in [-0.05, 0) is 38.5 Å². The summed E-state index contributed by atoms with van der Waals surface area (Å²) < 4.78 is 24.2. The lowest BCUT2D eigenvalue weighted by atomic mass is 10.2. The molecule has 0 aliphatic rings. The van der Waals surface area contributed by atoms with E-state index < -0.39 is 0 Å². The van der Waals surface area contributed by atoms with Crippen molar-refractivity contribution in [2.45, 2.75) is 32.9 Å². The molecule has 0 heterocycles. The van der Waals surface area contributed by atoms with E-state index in [2.05, 4.69) is 0 Å². The molecule has 1 aromatic carbocycles. The van der Waals surface area contributed by atoms with Gasteiger partial charge in [0.2, 0.25) is 0 Å². The molecular formula is C13H20FNO2. The number of halogens is 1. The van der Waals surface area contributed by atoms with Crippen LogP contribution in [0.4, 0.5) is 4.39 Å². The molecule has 4 heteroatoms. The summed E-state index contributed by atoms with van der Waals surface area (Å²) in [7, 11) is 0. The molecule has 0 unspecified atom stereocenters. The van der Waals surface area contributed by atoms with Crippen LogP contribution < -0.4 is 10.5 Å². The molecule has 0 spiro atoms. The van der Waals surface area contributed by atoms with Gasteiger partial charge in [0.1, 0.15) is 6.61 Å². The summed E-state index contributed by atoms with van der Waals surface area (Å²) in [6, 6.07) is 4.73. The summed E-state index contributed by atoms with van der Waals surface area (Å²) in [5.41, 5.74) is 5.96. The van der Waals surface area contributed by atoms with Gasteiger partial charge >= 0.3 is 0 Å². The predicted molar refractivity (Wildman–Crippen MR) is 65.5 cm³/mol. The maximum Gasteiger partial charge on any atom is 0.165 e. The highest BCUT2D eigenvalue weighted by molar-refractivity contribution is 5.29. The zero-order chi connectivity index (χ0) is 12.9. The number of ether oxygens (including phenoxy) is 2. The van der Waals surface area contributed by atoms with Crippen LogP contribution in [0.1, 0.15) is 26.3 Å². The summed E-state index contributed by atoms with van der Waals surface area (Å²) in [6.07, 6.45) is 0. The van der Waals surface area contributed by atoms with Gasteiger partial charge in [-0.2, -0.15) is 0 Å². The van der Waals surface area contributed by atoms with Crippen molar-refractivity contribution < 1.29 is 13.9 Å². The van der Waals surface area contributed by atoms with E-state index in [4.69, 9.17) is 15.2 Å². The number of rotatable bonds is 5. The van der Waals surface area contributed by atoms with Crippen molar-refractivity contribution in [2.75, 3.05) is 13.2 Å². The number of hydrogen-bond donors (Lipinski definition) is 1. The van der Waals surface area contributed by atoms with Gasteiger partial charge in [0, 0.05) is 6.54 Å². The molecule has 0 atom stereocenters. The normalized spacial score (nSPS) is 11.6. The zero-order valence-corrected chi connectivity index (χ0v) is 10.6. The van der Waals surface area contributed by atoms with E-state index >= 15 is 0 Å². The summed E-state index contributed by atoms with van der Waals surface area (Å²) in [6.45, 7) is 6.97. The van der Waals surface area contributed by atoms with Crippen molar-refractivity contribution in [1.82, 2.24) is 0 Å². The van der Waals surface area contributed by atoms with Crippen LogP contribution in [0.3, 0.4) is 0 Å². The molecule has 0 aliphatic carbocycles. The summed E-state index contributed by atoms with van der Waals surface area (Å²) in [4.78, 5) is 0. The molecule has 0 fully saturated rings. The largest absolute Gasteiger partial charge is 0.488 e. The van der Waals surface area contributed by atoms with E-state index in [0.717, 1.165) is 5.56 Å². The van der Waals surface area contributed by atoms with Crippen molar-refractivity contribution >= 4 is 0 Å². The third-order valence-corrected chi connectivity index (χ3v) is 2.11.